The molecule has 1 amide bonds. The Morgan fingerprint density at radius 3 is 2.19 bits per heavy atom. The van der Waals surface area contributed by atoms with E-state index >= 15 is 0 Å². The van der Waals surface area contributed by atoms with Crippen LogP contribution in [0.2, 0.25) is 0 Å². The molecule has 0 saturated carbocycles. The van der Waals surface area contributed by atoms with Crippen LogP contribution in [0.5, 0.6) is 5.75 Å². The van der Waals surface area contributed by atoms with Crippen LogP contribution in [0.4, 0.5) is 18.9 Å². The van der Waals surface area contributed by atoms with Crippen LogP contribution in [0, 0.1) is 0 Å². The predicted octanol–water partition coefficient (Wildman–Crippen LogP) is 4.14. The van der Waals surface area contributed by atoms with Gasteiger partial charge in [-0.15, -0.1) is 0 Å². The van der Waals surface area contributed by atoms with Crippen molar-refractivity contribution >= 4 is 17.6 Å². The molecule has 0 heterocycles. The minimum absolute atomic E-state index is 0.0143. The van der Waals surface area contributed by atoms with Crippen LogP contribution >= 0.6 is 0 Å². The summed E-state index contributed by atoms with van der Waals surface area (Å²) in [5.41, 5.74) is 0.609. The van der Waals surface area contributed by atoms with E-state index in [2.05, 4.69) is 15.6 Å². The van der Waals surface area contributed by atoms with Gasteiger partial charge in [0, 0.05) is 19.8 Å². The number of anilines is 1. The number of guanidine groups is 1. The number of likely N-dealkylation sites (N-methyl/N-ethyl adjacent to an activating group) is 1. The first-order valence-corrected chi connectivity index (χ1v) is 9.73. The average Bonchev–Trinajstić information content (AvgIpc) is 2.70. The summed E-state index contributed by atoms with van der Waals surface area (Å²) in [7, 11) is 3.29. The third-order valence-electron chi connectivity index (χ3n) is 4.10. The Morgan fingerprint density at radius 2 is 1.68 bits per heavy atom. The molecule has 9 heteroatoms. The summed E-state index contributed by atoms with van der Waals surface area (Å²) < 4.78 is 43.8. The molecule has 0 aromatic heterocycles. The molecule has 168 valence electrons. The van der Waals surface area contributed by atoms with Crippen molar-refractivity contribution in [2.24, 2.45) is 4.99 Å². The maximum Gasteiger partial charge on any atom is 0.416 e. The third kappa shape index (κ3) is 8.19. The summed E-state index contributed by atoms with van der Waals surface area (Å²) in [6.45, 7) is 4.02. The molecule has 0 aliphatic heterocycles. The molecule has 2 aromatic rings. The SMILES string of the molecule is CC(C)Oc1ccc(NC(=NCc2ccc(C(F)(F)F)cc2)NCC(=O)N(C)C)cc1. The van der Waals surface area contributed by atoms with Crippen molar-refractivity contribution in [2.75, 3.05) is 26.0 Å². The molecule has 0 saturated heterocycles. The highest BCUT2D eigenvalue weighted by Crippen LogP contribution is 2.29. The number of nitrogens with one attached hydrogen (secondary N) is 2. The minimum Gasteiger partial charge on any atom is -0.491 e. The van der Waals surface area contributed by atoms with Gasteiger partial charge in [0.05, 0.1) is 24.8 Å². The van der Waals surface area contributed by atoms with Crippen LogP contribution in [-0.2, 0) is 17.5 Å². The highest BCUT2D eigenvalue weighted by molar-refractivity contribution is 5.95. The predicted molar refractivity (Wildman–Crippen MR) is 115 cm³/mol. The maximum atomic E-state index is 12.7. The second-order valence-corrected chi connectivity index (χ2v) is 7.32. The average molecular weight is 436 g/mol. The van der Waals surface area contributed by atoms with Crippen molar-refractivity contribution in [2.45, 2.75) is 32.7 Å². The number of nitrogens with zero attached hydrogens (tertiary/aromatic N) is 2. The quantitative estimate of drug-likeness (QED) is 0.506. The fourth-order valence-corrected chi connectivity index (χ4v) is 2.45. The number of aliphatic imine (C=N–C) groups is 1. The fourth-order valence-electron chi connectivity index (χ4n) is 2.45. The normalized spacial score (nSPS) is 11.9. The molecule has 0 aliphatic carbocycles. The number of amides is 1. The largest absolute Gasteiger partial charge is 0.491 e. The van der Waals surface area contributed by atoms with E-state index < -0.39 is 11.7 Å². The van der Waals surface area contributed by atoms with E-state index in [1.54, 1.807) is 38.4 Å². The van der Waals surface area contributed by atoms with Crippen molar-refractivity contribution in [3.05, 3.63) is 59.7 Å². The molecule has 0 fully saturated rings. The Labute approximate surface area is 180 Å². The van der Waals surface area contributed by atoms with Crippen molar-refractivity contribution in [1.82, 2.24) is 10.2 Å². The van der Waals surface area contributed by atoms with Gasteiger partial charge >= 0.3 is 6.18 Å². The van der Waals surface area contributed by atoms with E-state index in [0.29, 0.717) is 17.2 Å². The molecule has 0 atom stereocenters. The van der Waals surface area contributed by atoms with Crippen LogP contribution in [0.1, 0.15) is 25.0 Å². The van der Waals surface area contributed by atoms with Gasteiger partial charge in [-0.25, -0.2) is 4.99 Å². The first kappa shape index (κ1) is 24.0. The number of carbonyl (C=O) groups excluding carboxylic acids is 1. The zero-order chi connectivity index (χ0) is 23.0. The van der Waals surface area contributed by atoms with Gasteiger partial charge in [-0.2, -0.15) is 13.2 Å². The van der Waals surface area contributed by atoms with Crippen molar-refractivity contribution in [3.63, 3.8) is 0 Å². The highest BCUT2D eigenvalue weighted by Gasteiger charge is 2.29. The summed E-state index contributed by atoms with van der Waals surface area (Å²) >= 11 is 0. The summed E-state index contributed by atoms with van der Waals surface area (Å²) in [6.07, 6.45) is -4.33. The number of carbonyl (C=O) groups is 1. The van der Waals surface area contributed by atoms with Gasteiger partial charge in [0.15, 0.2) is 5.96 Å². The van der Waals surface area contributed by atoms with Crippen LogP contribution in [0.25, 0.3) is 0 Å². The molecular formula is C22H27F3N4O2. The van der Waals surface area contributed by atoms with Gasteiger partial charge < -0.3 is 20.3 Å². The molecular weight excluding hydrogens is 409 g/mol. The summed E-state index contributed by atoms with van der Waals surface area (Å²) in [4.78, 5) is 17.7. The lowest BCUT2D eigenvalue weighted by atomic mass is 10.1. The first-order chi connectivity index (χ1) is 14.5. The Morgan fingerprint density at radius 1 is 1.06 bits per heavy atom. The van der Waals surface area contributed by atoms with Crippen LogP contribution < -0.4 is 15.4 Å². The standard InChI is InChI=1S/C22H27F3N4O2/c1-15(2)31-19-11-9-18(10-12-19)28-21(27-14-20(30)29(3)4)26-13-16-5-7-17(8-6-16)22(23,24)25/h5-12,15H,13-14H2,1-4H3,(H2,26,27,28). The lowest BCUT2D eigenvalue weighted by Crippen LogP contribution is -2.39. The van der Waals surface area contributed by atoms with Crippen molar-refractivity contribution in [1.29, 1.82) is 0 Å². The second kappa shape index (κ2) is 10.7. The van der Waals surface area contributed by atoms with E-state index in [-0.39, 0.29) is 25.1 Å². The van der Waals surface area contributed by atoms with Crippen LogP contribution in [-0.4, -0.2) is 43.5 Å². The Balaban J connectivity index is 2.12. The second-order valence-electron chi connectivity index (χ2n) is 7.32. The monoisotopic (exact) mass is 436 g/mol. The third-order valence-corrected chi connectivity index (χ3v) is 4.10. The number of hydrogen-bond acceptors (Lipinski definition) is 3. The van der Waals surface area contributed by atoms with E-state index in [0.717, 1.165) is 17.9 Å². The molecule has 2 N–H and O–H groups in total. The number of benzene rings is 2. The number of ether oxygens (including phenoxy) is 1. The topological polar surface area (TPSA) is 66.0 Å². The number of rotatable bonds is 7. The van der Waals surface area contributed by atoms with Gasteiger partial charge in [-0.1, -0.05) is 12.1 Å². The van der Waals surface area contributed by atoms with Gasteiger partial charge in [-0.05, 0) is 55.8 Å². The smallest absolute Gasteiger partial charge is 0.416 e. The molecule has 2 rings (SSSR count). The Kier molecular flexibility index (Phi) is 8.30. The molecule has 31 heavy (non-hydrogen) atoms. The van der Waals surface area contributed by atoms with Crippen LogP contribution in [0.3, 0.4) is 0 Å². The molecule has 0 bridgehead atoms. The number of hydrogen-bond donors (Lipinski definition) is 2. The summed E-state index contributed by atoms with van der Waals surface area (Å²) in [5, 5.41) is 6.03. The lowest BCUT2D eigenvalue weighted by molar-refractivity contribution is -0.137. The summed E-state index contributed by atoms with van der Waals surface area (Å²) in [6, 6.07) is 12.0. The van der Waals surface area contributed by atoms with E-state index in [1.165, 1.54) is 17.0 Å². The molecule has 0 spiro atoms. The zero-order valence-electron chi connectivity index (χ0n) is 18.0. The van der Waals surface area contributed by atoms with E-state index in [9.17, 15) is 18.0 Å². The van der Waals surface area contributed by atoms with Gasteiger partial charge in [0.2, 0.25) is 5.91 Å². The van der Waals surface area contributed by atoms with E-state index in [1.807, 2.05) is 13.8 Å². The molecule has 0 unspecified atom stereocenters. The molecule has 0 aliphatic rings. The van der Waals surface area contributed by atoms with Crippen molar-refractivity contribution < 1.29 is 22.7 Å². The highest BCUT2D eigenvalue weighted by atomic mass is 19.4. The van der Waals surface area contributed by atoms with Gasteiger partial charge in [-0.3, -0.25) is 4.79 Å². The number of alkyl halides is 3. The Hall–Kier alpha value is -3.23. The maximum absolute atomic E-state index is 12.7. The first-order valence-electron chi connectivity index (χ1n) is 9.73. The van der Waals surface area contributed by atoms with Crippen molar-refractivity contribution in [3.8, 4) is 5.75 Å². The van der Waals surface area contributed by atoms with Gasteiger partial charge in [0.25, 0.3) is 0 Å². The summed E-state index contributed by atoms with van der Waals surface area (Å²) in [5.74, 6) is 0.900. The zero-order valence-corrected chi connectivity index (χ0v) is 18.0. The lowest BCUT2D eigenvalue weighted by Gasteiger charge is -2.16. The molecule has 2 aromatic carbocycles. The fraction of sp³-hybridized carbons (Fsp3) is 0.364. The van der Waals surface area contributed by atoms with E-state index in [4.69, 9.17) is 4.74 Å². The number of halogens is 3. The molecule has 0 radical (unpaired) electrons. The molecule has 6 nitrogen and oxygen atoms in total. The van der Waals surface area contributed by atoms with Crippen LogP contribution in [0.15, 0.2) is 53.5 Å². The van der Waals surface area contributed by atoms with Gasteiger partial charge in [0.1, 0.15) is 5.75 Å². The Bertz CT molecular complexity index is 877. The minimum atomic E-state index is -4.38.